The molecular weight excluding hydrogens is 268 g/mol. The second-order valence-corrected chi connectivity index (χ2v) is 5.33. The fourth-order valence-electron chi connectivity index (χ4n) is 2.45. The Labute approximate surface area is 126 Å². The average Bonchev–Trinajstić information content (AvgIpc) is 2.47. The molecular formula is C16H24N2O3. The van der Waals surface area contributed by atoms with Crippen LogP contribution in [0.5, 0.6) is 5.75 Å². The maximum absolute atomic E-state index is 11.2. The molecule has 1 heterocycles. The molecule has 1 aromatic rings. The van der Waals surface area contributed by atoms with Crippen molar-refractivity contribution in [2.75, 3.05) is 32.8 Å². The van der Waals surface area contributed by atoms with Gasteiger partial charge < -0.3 is 14.8 Å². The summed E-state index contributed by atoms with van der Waals surface area (Å²) in [5.74, 6) is 0.358. The van der Waals surface area contributed by atoms with Crippen LogP contribution in [0.3, 0.4) is 0 Å². The van der Waals surface area contributed by atoms with Crippen LogP contribution >= 0.6 is 0 Å². The van der Waals surface area contributed by atoms with Crippen LogP contribution in [0.1, 0.15) is 19.4 Å². The van der Waals surface area contributed by atoms with E-state index in [0.717, 1.165) is 26.2 Å². The Morgan fingerprint density at radius 1 is 1.38 bits per heavy atom. The molecule has 1 aromatic carbocycles. The van der Waals surface area contributed by atoms with Gasteiger partial charge in [-0.15, -0.1) is 0 Å². The van der Waals surface area contributed by atoms with Gasteiger partial charge in [0.15, 0.2) is 6.61 Å². The maximum atomic E-state index is 11.2. The van der Waals surface area contributed by atoms with Crippen molar-refractivity contribution < 1.29 is 14.3 Å². The zero-order valence-electron chi connectivity index (χ0n) is 12.8. The van der Waals surface area contributed by atoms with Crippen molar-refractivity contribution in [2.45, 2.75) is 26.4 Å². The second kappa shape index (κ2) is 8.00. The highest BCUT2D eigenvalue weighted by atomic mass is 16.6. The zero-order chi connectivity index (χ0) is 15.1. The molecule has 0 unspecified atom stereocenters. The van der Waals surface area contributed by atoms with E-state index in [4.69, 9.17) is 9.47 Å². The predicted molar refractivity (Wildman–Crippen MR) is 81.3 cm³/mol. The largest absolute Gasteiger partial charge is 0.482 e. The molecule has 0 spiro atoms. The summed E-state index contributed by atoms with van der Waals surface area (Å²) in [4.78, 5) is 13.7. The minimum Gasteiger partial charge on any atom is -0.482 e. The highest BCUT2D eigenvalue weighted by Crippen LogP contribution is 2.14. The third kappa shape index (κ3) is 5.36. The van der Waals surface area contributed by atoms with Gasteiger partial charge in [0, 0.05) is 32.2 Å². The second-order valence-electron chi connectivity index (χ2n) is 5.33. The molecule has 0 radical (unpaired) electrons. The van der Waals surface area contributed by atoms with E-state index in [2.05, 4.69) is 17.1 Å². The number of benzene rings is 1. The minimum absolute atomic E-state index is 0.0392. The number of hydrogen-bond acceptors (Lipinski definition) is 5. The molecule has 1 saturated heterocycles. The summed E-state index contributed by atoms with van der Waals surface area (Å²) in [5.41, 5.74) is 1.26. The lowest BCUT2D eigenvalue weighted by molar-refractivity contribution is -0.145. The maximum Gasteiger partial charge on any atom is 0.344 e. The van der Waals surface area contributed by atoms with E-state index in [1.807, 2.05) is 24.3 Å². The third-order valence-electron chi connectivity index (χ3n) is 3.44. The van der Waals surface area contributed by atoms with E-state index >= 15 is 0 Å². The zero-order valence-corrected chi connectivity index (χ0v) is 12.8. The number of hydrogen-bond donors (Lipinski definition) is 1. The van der Waals surface area contributed by atoms with Gasteiger partial charge in [-0.05, 0) is 31.5 Å². The van der Waals surface area contributed by atoms with Gasteiger partial charge in [0.25, 0.3) is 0 Å². The van der Waals surface area contributed by atoms with Crippen LogP contribution in [0.15, 0.2) is 24.3 Å². The Morgan fingerprint density at radius 3 is 2.81 bits per heavy atom. The summed E-state index contributed by atoms with van der Waals surface area (Å²) in [6, 6.07) is 8.45. The van der Waals surface area contributed by atoms with Gasteiger partial charge in [0.1, 0.15) is 5.75 Å². The summed E-state index contributed by atoms with van der Waals surface area (Å²) in [7, 11) is 0. The summed E-state index contributed by atoms with van der Waals surface area (Å²) < 4.78 is 10.2. The average molecular weight is 292 g/mol. The molecule has 5 heteroatoms. The summed E-state index contributed by atoms with van der Waals surface area (Å²) >= 11 is 0. The van der Waals surface area contributed by atoms with E-state index in [1.165, 1.54) is 5.56 Å². The molecule has 1 aliphatic heterocycles. The molecule has 21 heavy (non-hydrogen) atoms. The van der Waals surface area contributed by atoms with Crippen molar-refractivity contribution in [3.8, 4) is 5.75 Å². The van der Waals surface area contributed by atoms with Crippen molar-refractivity contribution in [3.05, 3.63) is 29.8 Å². The monoisotopic (exact) mass is 292 g/mol. The first-order chi connectivity index (χ1) is 10.2. The number of esters is 1. The van der Waals surface area contributed by atoms with E-state index in [-0.39, 0.29) is 12.6 Å². The van der Waals surface area contributed by atoms with Crippen LogP contribution in [0.2, 0.25) is 0 Å². The lowest BCUT2D eigenvalue weighted by atomic mass is 10.1. The molecule has 116 valence electrons. The number of nitrogens with one attached hydrogen (secondary N) is 1. The topological polar surface area (TPSA) is 50.8 Å². The normalized spacial score (nSPS) is 19.2. The fourth-order valence-corrected chi connectivity index (χ4v) is 2.45. The van der Waals surface area contributed by atoms with E-state index in [9.17, 15) is 4.79 Å². The number of nitrogens with zero attached hydrogens (tertiary/aromatic N) is 1. The molecule has 5 nitrogen and oxygen atoms in total. The lowest BCUT2D eigenvalue weighted by Crippen LogP contribution is -2.48. The van der Waals surface area contributed by atoms with Crippen LogP contribution in [0.25, 0.3) is 0 Å². The van der Waals surface area contributed by atoms with E-state index < -0.39 is 0 Å². The Balaban J connectivity index is 1.80. The summed E-state index contributed by atoms with van der Waals surface area (Å²) in [6.07, 6.45) is 0. The van der Waals surface area contributed by atoms with Gasteiger partial charge in [-0.3, -0.25) is 4.90 Å². The number of carbonyl (C=O) groups excluding carboxylic acids is 1. The SMILES string of the molecule is CCOC(=O)COc1ccc(CN2CCN[C@@H](C)C2)cc1. The highest BCUT2D eigenvalue weighted by Gasteiger charge is 2.15. The van der Waals surface area contributed by atoms with Gasteiger partial charge in [-0.1, -0.05) is 12.1 Å². The fraction of sp³-hybridized carbons (Fsp3) is 0.562. The van der Waals surface area contributed by atoms with E-state index in [1.54, 1.807) is 6.92 Å². The molecule has 1 N–H and O–H groups in total. The first-order valence-electron chi connectivity index (χ1n) is 7.50. The summed E-state index contributed by atoms with van der Waals surface area (Å²) in [6.45, 7) is 8.47. The van der Waals surface area contributed by atoms with Gasteiger partial charge in [0.2, 0.25) is 0 Å². The molecule has 0 aliphatic carbocycles. The van der Waals surface area contributed by atoms with Crippen molar-refractivity contribution in [3.63, 3.8) is 0 Å². The first-order valence-corrected chi connectivity index (χ1v) is 7.50. The molecule has 1 aliphatic rings. The standard InChI is InChI=1S/C16H24N2O3/c1-3-20-16(19)12-21-15-6-4-14(5-7-15)11-18-9-8-17-13(2)10-18/h4-7,13,17H,3,8-12H2,1-2H3/t13-/m0/s1. The molecule has 1 atom stereocenters. The van der Waals surface area contributed by atoms with Crippen molar-refractivity contribution in [1.82, 2.24) is 10.2 Å². The third-order valence-corrected chi connectivity index (χ3v) is 3.44. The molecule has 0 bridgehead atoms. The number of rotatable bonds is 6. The van der Waals surface area contributed by atoms with Crippen molar-refractivity contribution in [2.24, 2.45) is 0 Å². The Hall–Kier alpha value is -1.59. The predicted octanol–water partition coefficient (Wildman–Crippen LogP) is 1.42. The summed E-state index contributed by atoms with van der Waals surface area (Å²) in [5, 5.41) is 3.44. The Morgan fingerprint density at radius 2 is 2.14 bits per heavy atom. The highest BCUT2D eigenvalue weighted by molar-refractivity contribution is 5.71. The lowest BCUT2D eigenvalue weighted by Gasteiger charge is -2.31. The van der Waals surface area contributed by atoms with Crippen molar-refractivity contribution >= 4 is 5.97 Å². The van der Waals surface area contributed by atoms with Crippen LogP contribution in [-0.4, -0.2) is 49.8 Å². The van der Waals surface area contributed by atoms with Crippen LogP contribution in [0.4, 0.5) is 0 Å². The molecule has 0 amide bonds. The van der Waals surface area contributed by atoms with Gasteiger partial charge in [0.05, 0.1) is 6.61 Å². The van der Waals surface area contributed by atoms with Crippen LogP contribution in [0, 0.1) is 0 Å². The molecule has 0 aromatic heterocycles. The molecule has 1 fully saturated rings. The van der Waals surface area contributed by atoms with Crippen LogP contribution in [-0.2, 0) is 16.1 Å². The quantitative estimate of drug-likeness (QED) is 0.804. The number of ether oxygens (including phenoxy) is 2. The Bertz CT molecular complexity index is 447. The van der Waals surface area contributed by atoms with Crippen LogP contribution < -0.4 is 10.1 Å². The van der Waals surface area contributed by atoms with Gasteiger partial charge >= 0.3 is 5.97 Å². The van der Waals surface area contributed by atoms with Gasteiger partial charge in [-0.25, -0.2) is 4.79 Å². The van der Waals surface area contributed by atoms with Crippen molar-refractivity contribution in [1.29, 1.82) is 0 Å². The van der Waals surface area contributed by atoms with E-state index in [0.29, 0.717) is 18.4 Å². The number of carbonyl (C=O) groups is 1. The molecule has 0 saturated carbocycles. The smallest absolute Gasteiger partial charge is 0.344 e. The first kappa shape index (κ1) is 15.8. The Kier molecular flexibility index (Phi) is 6.02. The van der Waals surface area contributed by atoms with Gasteiger partial charge in [-0.2, -0.15) is 0 Å². The molecule has 2 rings (SSSR count). The minimum atomic E-state index is -0.337. The number of piperazine rings is 1.